The highest BCUT2D eigenvalue weighted by molar-refractivity contribution is 6.51. The quantitative estimate of drug-likeness (QED) is 0.349. The molecule has 6 heteroatoms. The third-order valence-corrected chi connectivity index (χ3v) is 5.34. The maximum Gasteiger partial charge on any atom is 0.300 e. The normalized spacial score (nSPS) is 18.1. The molecular weight excluding hydrogens is 405 g/mol. The molecule has 1 unspecified atom stereocenters. The Morgan fingerprint density at radius 2 is 1.70 bits per heavy atom. The summed E-state index contributed by atoms with van der Waals surface area (Å²) in [5.74, 6) is -2.35. The van der Waals surface area contributed by atoms with Crippen LogP contribution in [0.25, 0.3) is 5.76 Å². The van der Waals surface area contributed by atoms with Gasteiger partial charge in [-0.05, 0) is 48.4 Å². The number of ketones is 1. The monoisotopic (exact) mass is 421 g/mol. The first kappa shape index (κ1) is 19.9. The van der Waals surface area contributed by atoms with Crippen LogP contribution in [0.2, 0.25) is 5.02 Å². The topological polar surface area (TPSA) is 57.6 Å². The number of aryl methyl sites for hydroxylation is 1. The van der Waals surface area contributed by atoms with E-state index in [-0.39, 0.29) is 11.3 Å². The Morgan fingerprint density at radius 3 is 2.37 bits per heavy atom. The van der Waals surface area contributed by atoms with Crippen molar-refractivity contribution in [2.24, 2.45) is 0 Å². The highest BCUT2D eigenvalue weighted by Gasteiger charge is 2.47. The van der Waals surface area contributed by atoms with E-state index in [4.69, 9.17) is 11.6 Å². The van der Waals surface area contributed by atoms with Gasteiger partial charge in [0.25, 0.3) is 11.7 Å². The molecule has 3 aromatic rings. The Morgan fingerprint density at radius 1 is 1.00 bits per heavy atom. The van der Waals surface area contributed by atoms with Gasteiger partial charge in [-0.15, -0.1) is 0 Å². The highest BCUT2D eigenvalue weighted by atomic mass is 35.5. The third kappa shape index (κ3) is 3.37. The largest absolute Gasteiger partial charge is 0.507 e. The van der Waals surface area contributed by atoms with Gasteiger partial charge in [0.15, 0.2) is 0 Å². The summed E-state index contributed by atoms with van der Waals surface area (Å²) < 4.78 is 13.6. The van der Waals surface area contributed by atoms with Crippen molar-refractivity contribution in [1.29, 1.82) is 0 Å². The zero-order valence-electron chi connectivity index (χ0n) is 16.0. The molecule has 1 saturated heterocycles. The molecule has 0 bridgehead atoms. The number of hydrogen-bond acceptors (Lipinski definition) is 3. The number of rotatable bonds is 3. The van der Waals surface area contributed by atoms with E-state index in [1.165, 1.54) is 35.2 Å². The Balaban J connectivity index is 1.98. The second-order valence-corrected chi connectivity index (χ2v) is 7.45. The van der Waals surface area contributed by atoms with Gasteiger partial charge in [0.1, 0.15) is 11.6 Å². The van der Waals surface area contributed by atoms with Crippen LogP contribution in [0.15, 0.2) is 78.4 Å². The molecule has 4 rings (SSSR count). The number of Topliss-reactive ketones (excluding diaryl/α,β-unsaturated/α-hetero) is 1. The van der Waals surface area contributed by atoms with E-state index in [0.717, 1.165) is 5.56 Å². The molecule has 0 saturated carbocycles. The summed E-state index contributed by atoms with van der Waals surface area (Å²) in [5, 5.41) is 11.4. The minimum atomic E-state index is -0.911. The summed E-state index contributed by atoms with van der Waals surface area (Å²) in [4.78, 5) is 27.4. The maximum atomic E-state index is 13.6. The zero-order chi connectivity index (χ0) is 21.4. The van der Waals surface area contributed by atoms with Crippen molar-refractivity contribution in [1.82, 2.24) is 0 Å². The summed E-state index contributed by atoms with van der Waals surface area (Å²) in [6, 6.07) is 18.2. The Kier molecular flexibility index (Phi) is 5.14. The summed E-state index contributed by atoms with van der Waals surface area (Å²) in [5.41, 5.74) is 2.07. The van der Waals surface area contributed by atoms with Crippen molar-refractivity contribution in [2.75, 3.05) is 4.90 Å². The number of aliphatic hydroxyl groups excluding tert-OH is 1. The number of carbonyl (C=O) groups is 2. The van der Waals surface area contributed by atoms with Crippen molar-refractivity contribution in [3.8, 4) is 0 Å². The fourth-order valence-electron chi connectivity index (χ4n) is 3.67. The second kappa shape index (κ2) is 7.76. The SMILES string of the molecule is Cc1ccccc1N1C(=O)C(=O)/C(=C(\O)c2cccc(Cl)c2)C1c1ccc(F)cc1. The van der Waals surface area contributed by atoms with Gasteiger partial charge in [-0.1, -0.05) is 54.1 Å². The number of hydrogen-bond donors (Lipinski definition) is 1. The average molecular weight is 422 g/mol. The molecule has 0 spiro atoms. The van der Waals surface area contributed by atoms with E-state index >= 15 is 0 Å². The van der Waals surface area contributed by atoms with E-state index in [1.807, 2.05) is 19.1 Å². The summed E-state index contributed by atoms with van der Waals surface area (Å²) in [6.07, 6.45) is 0. The van der Waals surface area contributed by atoms with Crippen LogP contribution in [0, 0.1) is 12.7 Å². The molecule has 30 heavy (non-hydrogen) atoms. The van der Waals surface area contributed by atoms with Crippen LogP contribution in [0.1, 0.15) is 22.7 Å². The lowest BCUT2D eigenvalue weighted by molar-refractivity contribution is -0.132. The maximum absolute atomic E-state index is 13.6. The molecule has 1 aliphatic heterocycles. The molecule has 0 aromatic heterocycles. The fraction of sp³-hybridized carbons (Fsp3) is 0.0833. The molecule has 4 nitrogen and oxygen atoms in total. The van der Waals surface area contributed by atoms with Crippen LogP contribution in [-0.2, 0) is 9.59 Å². The average Bonchev–Trinajstić information content (AvgIpc) is 2.99. The van der Waals surface area contributed by atoms with E-state index < -0.39 is 23.5 Å². The van der Waals surface area contributed by atoms with Gasteiger partial charge in [-0.3, -0.25) is 14.5 Å². The Hall–Kier alpha value is -3.44. The zero-order valence-corrected chi connectivity index (χ0v) is 16.7. The van der Waals surface area contributed by atoms with Crippen molar-refractivity contribution >= 4 is 34.7 Å². The first-order valence-corrected chi connectivity index (χ1v) is 9.64. The van der Waals surface area contributed by atoms with Gasteiger partial charge in [0.05, 0.1) is 11.6 Å². The third-order valence-electron chi connectivity index (χ3n) is 5.10. The Labute approximate surface area is 177 Å². The van der Waals surface area contributed by atoms with Gasteiger partial charge in [-0.2, -0.15) is 0 Å². The van der Waals surface area contributed by atoms with Gasteiger partial charge in [0, 0.05) is 16.3 Å². The number of carbonyl (C=O) groups excluding carboxylic acids is 2. The number of aliphatic hydroxyl groups is 1. The predicted molar refractivity (Wildman–Crippen MR) is 114 cm³/mol. The lowest BCUT2D eigenvalue weighted by Gasteiger charge is -2.26. The highest BCUT2D eigenvalue weighted by Crippen LogP contribution is 2.43. The van der Waals surface area contributed by atoms with E-state index in [1.54, 1.807) is 30.3 Å². The minimum absolute atomic E-state index is 0.0721. The number of halogens is 2. The van der Waals surface area contributed by atoms with Gasteiger partial charge in [-0.25, -0.2) is 4.39 Å². The molecule has 150 valence electrons. The molecule has 0 aliphatic carbocycles. The molecule has 1 heterocycles. The molecule has 1 atom stereocenters. The van der Waals surface area contributed by atoms with Crippen LogP contribution < -0.4 is 4.90 Å². The molecule has 0 radical (unpaired) electrons. The van der Waals surface area contributed by atoms with Crippen molar-refractivity contribution in [3.05, 3.63) is 106 Å². The number of nitrogens with zero attached hydrogens (tertiary/aromatic N) is 1. The van der Waals surface area contributed by atoms with Crippen LogP contribution in [0.3, 0.4) is 0 Å². The fourth-order valence-corrected chi connectivity index (χ4v) is 3.86. The minimum Gasteiger partial charge on any atom is -0.507 e. The van der Waals surface area contributed by atoms with Crippen LogP contribution in [0.4, 0.5) is 10.1 Å². The van der Waals surface area contributed by atoms with Gasteiger partial charge < -0.3 is 5.11 Å². The molecule has 1 aliphatic rings. The smallest absolute Gasteiger partial charge is 0.300 e. The molecule has 1 N–H and O–H groups in total. The summed E-state index contributed by atoms with van der Waals surface area (Å²) >= 11 is 6.04. The van der Waals surface area contributed by atoms with Crippen molar-refractivity contribution in [3.63, 3.8) is 0 Å². The molecule has 3 aromatic carbocycles. The summed E-state index contributed by atoms with van der Waals surface area (Å²) in [7, 11) is 0. The lowest BCUT2D eigenvalue weighted by atomic mass is 9.95. The van der Waals surface area contributed by atoms with Crippen LogP contribution in [0.5, 0.6) is 0 Å². The lowest BCUT2D eigenvalue weighted by Crippen LogP contribution is -2.30. The predicted octanol–water partition coefficient (Wildman–Crippen LogP) is 5.41. The number of anilines is 1. The standard InChI is InChI=1S/C24H17ClFNO3/c1-14-5-2-3-8-19(14)27-21(15-9-11-18(26)12-10-15)20(23(29)24(27)30)22(28)16-6-4-7-17(25)13-16/h2-13,21,28H,1H3/b22-20-. The molecule has 1 fully saturated rings. The summed E-state index contributed by atoms with van der Waals surface area (Å²) in [6.45, 7) is 1.83. The van der Waals surface area contributed by atoms with Crippen LogP contribution in [-0.4, -0.2) is 16.8 Å². The van der Waals surface area contributed by atoms with Crippen LogP contribution >= 0.6 is 11.6 Å². The Bertz CT molecular complexity index is 1190. The van der Waals surface area contributed by atoms with Gasteiger partial charge in [0.2, 0.25) is 0 Å². The molecule has 1 amide bonds. The van der Waals surface area contributed by atoms with Gasteiger partial charge >= 0.3 is 0 Å². The first-order chi connectivity index (χ1) is 14.4. The second-order valence-electron chi connectivity index (χ2n) is 7.02. The van der Waals surface area contributed by atoms with E-state index in [2.05, 4.69) is 0 Å². The number of amides is 1. The first-order valence-electron chi connectivity index (χ1n) is 9.26. The van der Waals surface area contributed by atoms with E-state index in [0.29, 0.717) is 21.8 Å². The molecular formula is C24H17ClFNO3. The van der Waals surface area contributed by atoms with E-state index in [9.17, 15) is 19.1 Å². The van der Waals surface area contributed by atoms with Crippen molar-refractivity contribution < 1.29 is 19.1 Å². The van der Waals surface area contributed by atoms with Crippen molar-refractivity contribution in [2.45, 2.75) is 13.0 Å². The number of para-hydroxylation sites is 1. The number of benzene rings is 3.